The smallest absolute Gasteiger partial charge is 0.313 e. The van der Waals surface area contributed by atoms with Gasteiger partial charge in [-0.05, 0) is 32.9 Å². The van der Waals surface area contributed by atoms with Crippen LogP contribution in [0, 0.1) is 11.3 Å². The molecule has 1 rings (SSSR count). The van der Waals surface area contributed by atoms with Gasteiger partial charge in [0.2, 0.25) is 0 Å². The summed E-state index contributed by atoms with van der Waals surface area (Å²) in [5.41, 5.74) is -0.216. The van der Waals surface area contributed by atoms with Crippen LogP contribution in [0.25, 0.3) is 0 Å². The first-order valence-corrected chi connectivity index (χ1v) is 5.20. The van der Waals surface area contributed by atoms with Crippen molar-refractivity contribution in [3.63, 3.8) is 0 Å². The molecule has 82 valence electrons. The van der Waals surface area contributed by atoms with Crippen LogP contribution in [0.4, 0.5) is 0 Å². The average molecular weight is 199 g/mol. The topological polar surface area (TPSA) is 29.5 Å². The highest BCUT2D eigenvalue weighted by Crippen LogP contribution is 2.53. The molecule has 0 radical (unpaired) electrons. The number of hydrogen-bond acceptors (Lipinski definition) is 3. The van der Waals surface area contributed by atoms with Gasteiger partial charge in [-0.25, -0.2) is 0 Å². The fourth-order valence-corrected chi connectivity index (χ4v) is 2.69. The van der Waals surface area contributed by atoms with E-state index >= 15 is 0 Å². The Morgan fingerprint density at radius 1 is 1.36 bits per heavy atom. The third-order valence-electron chi connectivity index (χ3n) is 3.13. The molecule has 0 saturated heterocycles. The summed E-state index contributed by atoms with van der Waals surface area (Å²) in [6.45, 7) is 4.32. The maximum absolute atomic E-state index is 11.7. The first-order valence-electron chi connectivity index (χ1n) is 5.20. The molecule has 0 amide bonds. The van der Waals surface area contributed by atoms with Crippen LogP contribution in [0.15, 0.2) is 0 Å². The van der Waals surface area contributed by atoms with E-state index in [-0.39, 0.29) is 11.4 Å². The second-order valence-electron chi connectivity index (χ2n) is 4.80. The molecule has 1 aliphatic carbocycles. The summed E-state index contributed by atoms with van der Waals surface area (Å²) in [6.07, 6.45) is 1.95. The van der Waals surface area contributed by atoms with Crippen LogP contribution in [0.3, 0.4) is 0 Å². The molecule has 1 saturated carbocycles. The van der Waals surface area contributed by atoms with Gasteiger partial charge in [0.15, 0.2) is 0 Å². The van der Waals surface area contributed by atoms with Gasteiger partial charge in [0.05, 0.1) is 12.5 Å². The van der Waals surface area contributed by atoms with Crippen molar-refractivity contribution in [1.29, 1.82) is 0 Å². The van der Waals surface area contributed by atoms with Gasteiger partial charge >= 0.3 is 5.97 Å². The van der Waals surface area contributed by atoms with Crippen molar-refractivity contribution >= 4 is 5.97 Å². The van der Waals surface area contributed by atoms with Crippen molar-refractivity contribution in [3.8, 4) is 0 Å². The van der Waals surface area contributed by atoms with Gasteiger partial charge in [-0.15, -0.1) is 0 Å². The summed E-state index contributed by atoms with van der Waals surface area (Å²) < 4.78 is 4.89. The Kier molecular flexibility index (Phi) is 3.20. The quantitative estimate of drug-likeness (QED) is 0.643. The fraction of sp³-hybridized carbons (Fsp3) is 0.909. The summed E-state index contributed by atoms with van der Waals surface area (Å²) in [5.74, 6) is 0.441. The van der Waals surface area contributed by atoms with Crippen molar-refractivity contribution in [3.05, 3.63) is 0 Å². The van der Waals surface area contributed by atoms with E-state index in [1.54, 1.807) is 0 Å². The Labute approximate surface area is 86.4 Å². The van der Waals surface area contributed by atoms with Crippen molar-refractivity contribution in [2.75, 3.05) is 21.2 Å². The maximum atomic E-state index is 11.7. The van der Waals surface area contributed by atoms with E-state index in [1.807, 2.05) is 14.1 Å². The molecule has 0 aliphatic heterocycles. The van der Waals surface area contributed by atoms with E-state index in [0.717, 1.165) is 12.8 Å². The van der Waals surface area contributed by atoms with Crippen LogP contribution in [0.2, 0.25) is 0 Å². The summed E-state index contributed by atoms with van der Waals surface area (Å²) in [7, 11) is 5.55. The molecule has 0 aromatic carbocycles. The molecule has 1 fully saturated rings. The lowest BCUT2D eigenvalue weighted by molar-refractivity contribution is -0.150. The van der Waals surface area contributed by atoms with Crippen molar-refractivity contribution in [1.82, 2.24) is 4.90 Å². The third kappa shape index (κ3) is 1.78. The number of carbonyl (C=O) groups is 1. The van der Waals surface area contributed by atoms with Crippen LogP contribution in [-0.4, -0.2) is 38.1 Å². The molecule has 1 atom stereocenters. The van der Waals surface area contributed by atoms with E-state index < -0.39 is 0 Å². The van der Waals surface area contributed by atoms with Gasteiger partial charge in [0.25, 0.3) is 0 Å². The Hall–Kier alpha value is -0.570. The Morgan fingerprint density at radius 3 is 2.07 bits per heavy atom. The fourth-order valence-electron chi connectivity index (χ4n) is 2.69. The third-order valence-corrected chi connectivity index (χ3v) is 3.13. The number of methoxy groups -OCH3 is 1. The van der Waals surface area contributed by atoms with Gasteiger partial charge in [-0.1, -0.05) is 13.8 Å². The van der Waals surface area contributed by atoms with Gasteiger partial charge in [-0.2, -0.15) is 0 Å². The van der Waals surface area contributed by atoms with Gasteiger partial charge < -0.3 is 9.64 Å². The van der Waals surface area contributed by atoms with E-state index in [0.29, 0.717) is 12.0 Å². The first-order chi connectivity index (χ1) is 6.45. The number of esters is 1. The Balaban J connectivity index is 2.83. The minimum atomic E-state index is -0.216. The van der Waals surface area contributed by atoms with Gasteiger partial charge in [0, 0.05) is 6.04 Å². The lowest BCUT2D eigenvalue weighted by Gasteiger charge is -2.34. The standard InChI is InChI=1S/C11H21NO2/c1-8(2)9(12(3)4)11(6-7-11)10(13)14-5/h8-9H,6-7H2,1-5H3. The molecular weight excluding hydrogens is 178 g/mol. The molecule has 0 bridgehead atoms. The monoisotopic (exact) mass is 199 g/mol. The zero-order valence-electron chi connectivity index (χ0n) is 9.83. The van der Waals surface area contributed by atoms with Gasteiger partial charge in [-0.3, -0.25) is 4.79 Å². The van der Waals surface area contributed by atoms with Crippen molar-refractivity contribution in [2.45, 2.75) is 32.7 Å². The predicted molar refractivity (Wildman–Crippen MR) is 56.0 cm³/mol. The second-order valence-corrected chi connectivity index (χ2v) is 4.80. The van der Waals surface area contributed by atoms with Crippen LogP contribution >= 0.6 is 0 Å². The molecule has 1 aliphatic rings. The van der Waals surface area contributed by atoms with E-state index in [4.69, 9.17) is 4.74 Å². The number of hydrogen-bond donors (Lipinski definition) is 0. The summed E-state index contributed by atoms with van der Waals surface area (Å²) >= 11 is 0. The second kappa shape index (κ2) is 3.89. The lowest BCUT2D eigenvalue weighted by atomic mass is 9.86. The normalized spacial score (nSPS) is 21.1. The SMILES string of the molecule is COC(=O)C1(C(C(C)C)N(C)C)CC1. The molecule has 3 heteroatoms. The van der Waals surface area contributed by atoms with Crippen LogP contribution in [0.5, 0.6) is 0 Å². The molecule has 0 aromatic heterocycles. The largest absolute Gasteiger partial charge is 0.469 e. The van der Waals surface area contributed by atoms with E-state index in [9.17, 15) is 4.79 Å². The molecule has 0 aromatic rings. The van der Waals surface area contributed by atoms with Crippen LogP contribution in [0.1, 0.15) is 26.7 Å². The average Bonchev–Trinajstić information content (AvgIpc) is 2.83. The number of rotatable bonds is 4. The number of nitrogens with zero attached hydrogens (tertiary/aromatic N) is 1. The zero-order valence-corrected chi connectivity index (χ0v) is 9.83. The summed E-state index contributed by atoms with van der Waals surface area (Å²) in [4.78, 5) is 13.8. The Bertz CT molecular complexity index is 211. The van der Waals surface area contributed by atoms with Crippen molar-refractivity contribution < 1.29 is 9.53 Å². The highest BCUT2D eigenvalue weighted by Gasteiger charge is 2.58. The molecule has 0 heterocycles. The van der Waals surface area contributed by atoms with E-state index in [2.05, 4.69) is 18.7 Å². The van der Waals surface area contributed by atoms with E-state index in [1.165, 1.54) is 7.11 Å². The molecule has 3 nitrogen and oxygen atoms in total. The number of carbonyl (C=O) groups excluding carboxylic acids is 1. The molecule has 0 spiro atoms. The minimum Gasteiger partial charge on any atom is -0.469 e. The first kappa shape index (κ1) is 11.5. The maximum Gasteiger partial charge on any atom is 0.313 e. The molecular formula is C11H21NO2. The molecule has 14 heavy (non-hydrogen) atoms. The number of ether oxygens (including phenoxy) is 1. The highest BCUT2D eigenvalue weighted by atomic mass is 16.5. The summed E-state index contributed by atoms with van der Waals surface area (Å²) in [5, 5.41) is 0. The molecule has 0 N–H and O–H groups in total. The summed E-state index contributed by atoms with van der Waals surface area (Å²) in [6, 6.07) is 0.301. The van der Waals surface area contributed by atoms with Gasteiger partial charge in [0.1, 0.15) is 0 Å². The minimum absolute atomic E-state index is 0.0371. The van der Waals surface area contributed by atoms with Crippen LogP contribution in [-0.2, 0) is 9.53 Å². The van der Waals surface area contributed by atoms with Crippen LogP contribution < -0.4 is 0 Å². The highest BCUT2D eigenvalue weighted by molar-refractivity contribution is 5.80. The predicted octanol–water partition coefficient (Wildman–Crippen LogP) is 1.53. The molecule has 1 unspecified atom stereocenters. The van der Waals surface area contributed by atoms with Crippen molar-refractivity contribution in [2.24, 2.45) is 11.3 Å². The lowest BCUT2D eigenvalue weighted by Crippen LogP contribution is -2.45. The zero-order chi connectivity index (χ0) is 10.9. The Morgan fingerprint density at radius 2 is 1.86 bits per heavy atom.